The molecular weight excluding hydrogens is 326 g/mol. The van der Waals surface area contributed by atoms with E-state index in [1.807, 2.05) is 0 Å². The van der Waals surface area contributed by atoms with Gasteiger partial charge in [-0.25, -0.2) is 9.59 Å². The molecule has 3 heterocycles. The van der Waals surface area contributed by atoms with Crippen LogP contribution in [0.1, 0.15) is 21.5 Å². The Kier molecular flexibility index (Phi) is 3.45. The van der Waals surface area contributed by atoms with E-state index in [0.29, 0.717) is 46.8 Å². The Morgan fingerprint density at radius 1 is 1.24 bits per heavy atom. The summed E-state index contributed by atoms with van der Waals surface area (Å²) >= 11 is 0. The van der Waals surface area contributed by atoms with E-state index in [2.05, 4.69) is 4.98 Å². The van der Waals surface area contributed by atoms with E-state index >= 15 is 0 Å². The van der Waals surface area contributed by atoms with Gasteiger partial charge in [-0.3, -0.25) is 4.98 Å². The third-order valence-corrected chi connectivity index (χ3v) is 4.44. The van der Waals surface area contributed by atoms with Crippen molar-refractivity contribution in [2.45, 2.75) is 13.0 Å². The second-order valence-electron chi connectivity index (χ2n) is 5.87. The van der Waals surface area contributed by atoms with Crippen molar-refractivity contribution in [3.63, 3.8) is 0 Å². The van der Waals surface area contributed by atoms with Crippen LogP contribution in [0.2, 0.25) is 0 Å². The molecule has 0 fully saturated rings. The summed E-state index contributed by atoms with van der Waals surface area (Å²) in [5.74, 6) is 0.133. The van der Waals surface area contributed by atoms with Crippen LogP contribution >= 0.6 is 0 Å². The summed E-state index contributed by atoms with van der Waals surface area (Å²) in [4.78, 5) is 29.1. The SMILES string of the molecule is NC(=O)N1CCc2c(cnc(-c3ccc4c(c3)OCO4)c2C(=O)O)C1. The first-order chi connectivity index (χ1) is 12.0. The van der Waals surface area contributed by atoms with Crippen molar-refractivity contribution in [2.75, 3.05) is 13.3 Å². The summed E-state index contributed by atoms with van der Waals surface area (Å²) < 4.78 is 10.6. The number of aromatic carboxylic acids is 1. The first-order valence-electron chi connectivity index (χ1n) is 7.73. The van der Waals surface area contributed by atoms with Crippen molar-refractivity contribution in [3.05, 3.63) is 41.1 Å². The Labute approximate surface area is 142 Å². The van der Waals surface area contributed by atoms with E-state index in [-0.39, 0.29) is 18.9 Å². The van der Waals surface area contributed by atoms with Crippen LogP contribution < -0.4 is 15.2 Å². The third-order valence-electron chi connectivity index (χ3n) is 4.44. The molecular formula is C17H15N3O5. The molecule has 0 spiro atoms. The first-order valence-corrected chi connectivity index (χ1v) is 7.73. The van der Waals surface area contributed by atoms with Crippen molar-refractivity contribution >= 4 is 12.0 Å². The second-order valence-corrected chi connectivity index (χ2v) is 5.87. The predicted octanol–water partition coefficient (Wildman–Crippen LogP) is 1.61. The fourth-order valence-corrected chi connectivity index (χ4v) is 3.22. The Balaban J connectivity index is 1.82. The zero-order valence-electron chi connectivity index (χ0n) is 13.2. The van der Waals surface area contributed by atoms with Crippen LogP contribution in [0.5, 0.6) is 11.5 Å². The van der Waals surface area contributed by atoms with Gasteiger partial charge in [0.15, 0.2) is 11.5 Å². The maximum absolute atomic E-state index is 11.9. The van der Waals surface area contributed by atoms with Crippen molar-refractivity contribution in [2.24, 2.45) is 5.73 Å². The van der Waals surface area contributed by atoms with Gasteiger partial charge in [0.25, 0.3) is 0 Å². The standard InChI is InChI=1S/C17H15N3O5/c18-17(23)20-4-3-11-10(7-20)6-19-15(14(11)16(21)22)9-1-2-12-13(5-9)25-8-24-12/h1-2,5-6H,3-4,7-8H2,(H2,18,23)(H,21,22). The number of pyridine rings is 1. The molecule has 0 bridgehead atoms. The Hall–Kier alpha value is -3.29. The Morgan fingerprint density at radius 2 is 2.04 bits per heavy atom. The number of rotatable bonds is 2. The number of carboxylic acid groups (broad SMARTS) is 1. The number of hydrogen-bond acceptors (Lipinski definition) is 5. The summed E-state index contributed by atoms with van der Waals surface area (Å²) in [6, 6.07) is 4.69. The van der Waals surface area contributed by atoms with Crippen LogP contribution in [0.15, 0.2) is 24.4 Å². The number of carboxylic acids is 1. The quantitative estimate of drug-likeness (QED) is 0.857. The fraction of sp³-hybridized carbons (Fsp3) is 0.235. The topological polar surface area (TPSA) is 115 Å². The molecule has 8 heteroatoms. The lowest BCUT2D eigenvalue weighted by molar-refractivity contribution is 0.0695. The van der Waals surface area contributed by atoms with E-state index in [9.17, 15) is 14.7 Å². The molecule has 1 aromatic carbocycles. The van der Waals surface area contributed by atoms with Gasteiger partial charge in [0.2, 0.25) is 6.79 Å². The number of primary amides is 1. The number of carbonyl (C=O) groups is 2. The van der Waals surface area contributed by atoms with Crippen molar-refractivity contribution in [1.29, 1.82) is 0 Å². The minimum atomic E-state index is -1.05. The van der Waals surface area contributed by atoms with Crippen molar-refractivity contribution < 1.29 is 24.2 Å². The lowest BCUT2D eigenvalue weighted by Gasteiger charge is -2.28. The zero-order valence-corrected chi connectivity index (χ0v) is 13.2. The van der Waals surface area contributed by atoms with Crippen LogP contribution in [-0.2, 0) is 13.0 Å². The number of fused-ring (bicyclic) bond motifs is 2. The maximum Gasteiger partial charge on any atom is 0.338 e. The largest absolute Gasteiger partial charge is 0.478 e. The monoisotopic (exact) mass is 341 g/mol. The molecule has 4 rings (SSSR count). The minimum Gasteiger partial charge on any atom is -0.478 e. The van der Waals surface area contributed by atoms with Gasteiger partial charge >= 0.3 is 12.0 Å². The number of ether oxygens (including phenoxy) is 2. The van der Waals surface area contributed by atoms with Gasteiger partial charge in [-0.2, -0.15) is 0 Å². The number of aromatic nitrogens is 1. The molecule has 0 aliphatic carbocycles. The van der Waals surface area contributed by atoms with E-state index in [1.165, 1.54) is 4.90 Å². The number of amides is 2. The first kappa shape index (κ1) is 15.3. The molecule has 2 aliphatic heterocycles. The molecule has 2 amide bonds. The fourth-order valence-electron chi connectivity index (χ4n) is 3.22. The van der Waals surface area contributed by atoms with Crippen LogP contribution in [0, 0.1) is 0 Å². The highest BCUT2D eigenvalue weighted by atomic mass is 16.7. The molecule has 2 aliphatic rings. The van der Waals surface area contributed by atoms with Gasteiger partial charge < -0.3 is 25.2 Å². The predicted molar refractivity (Wildman–Crippen MR) is 86.5 cm³/mol. The van der Waals surface area contributed by atoms with E-state index in [0.717, 1.165) is 0 Å². The Morgan fingerprint density at radius 3 is 2.80 bits per heavy atom. The van der Waals surface area contributed by atoms with E-state index < -0.39 is 12.0 Å². The zero-order chi connectivity index (χ0) is 17.6. The van der Waals surface area contributed by atoms with Gasteiger partial charge in [0.05, 0.1) is 11.3 Å². The van der Waals surface area contributed by atoms with Gasteiger partial charge in [-0.15, -0.1) is 0 Å². The van der Waals surface area contributed by atoms with Gasteiger partial charge in [0.1, 0.15) is 0 Å². The highest BCUT2D eigenvalue weighted by Crippen LogP contribution is 2.37. The molecule has 0 atom stereocenters. The summed E-state index contributed by atoms with van der Waals surface area (Å²) in [5.41, 5.74) is 7.87. The minimum absolute atomic E-state index is 0.144. The average molecular weight is 341 g/mol. The lowest BCUT2D eigenvalue weighted by atomic mass is 9.92. The molecule has 3 N–H and O–H groups in total. The Bertz CT molecular complexity index is 896. The smallest absolute Gasteiger partial charge is 0.338 e. The molecule has 0 saturated heterocycles. The molecule has 0 unspecified atom stereocenters. The van der Waals surface area contributed by atoms with Gasteiger partial charge in [-0.05, 0) is 35.7 Å². The average Bonchev–Trinajstić information content (AvgIpc) is 3.07. The molecule has 0 radical (unpaired) electrons. The highest BCUT2D eigenvalue weighted by molar-refractivity contribution is 5.97. The lowest BCUT2D eigenvalue weighted by Crippen LogP contribution is -2.40. The summed E-state index contributed by atoms with van der Waals surface area (Å²) in [5, 5.41) is 9.75. The molecule has 0 saturated carbocycles. The van der Waals surface area contributed by atoms with Gasteiger partial charge in [-0.1, -0.05) is 0 Å². The van der Waals surface area contributed by atoms with Crippen molar-refractivity contribution in [1.82, 2.24) is 9.88 Å². The van der Waals surface area contributed by atoms with Crippen LogP contribution in [0.25, 0.3) is 11.3 Å². The molecule has 8 nitrogen and oxygen atoms in total. The number of urea groups is 1. The molecule has 2 aromatic rings. The summed E-state index contributed by atoms with van der Waals surface area (Å²) in [6.07, 6.45) is 2.02. The molecule has 128 valence electrons. The highest BCUT2D eigenvalue weighted by Gasteiger charge is 2.27. The number of hydrogen-bond donors (Lipinski definition) is 2. The molecule has 1 aromatic heterocycles. The van der Waals surface area contributed by atoms with Crippen molar-refractivity contribution in [3.8, 4) is 22.8 Å². The number of nitrogens with zero attached hydrogens (tertiary/aromatic N) is 2. The number of carbonyl (C=O) groups excluding carboxylic acids is 1. The van der Waals surface area contributed by atoms with E-state index in [4.69, 9.17) is 15.2 Å². The maximum atomic E-state index is 11.9. The number of benzene rings is 1. The van der Waals surface area contributed by atoms with Crippen LogP contribution in [-0.4, -0.2) is 40.3 Å². The van der Waals surface area contributed by atoms with Crippen LogP contribution in [0.4, 0.5) is 4.79 Å². The van der Waals surface area contributed by atoms with Crippen LogP contribution in [0.3, 0.4) is 0 Å². The third kappa shape index (κ3) is 2.51. The summed E-state index contributed by atoms with van der Waals surface area (Å²) in [6.45, 7) is 0.789. The normalized spacial score (nSPS) is 15.0. The molecule has 25 heavy (non-hydrogen) atoms. The van der Waals surface area contributed by atoms with E-state index in [1.54, 1.807) is 24.4 Å². The van der Waals surface area contributed by atoms with Gasteiger partial charge in [0, 0.05) is 24.8 Å². The summed E-state index contributed by atoms with van der Waals surface area (Å²) in [7, 11) is 0. The second kappa shape index (κ2) is 5.66. The number of nitrogens with two attached hydrogens (primary N) is 1.